The first-order chi connectivity index (χ1) is 26.1. The third-order valence-electron chi connectivity index (χ3n) is 11.7. The third kappa shape index (κ3) is 4.33. The Morgan fingerprint density at radius 3 is 1.94 bits per heavy atom. The summed E-state index contributed by atoms with van der Waals surface area (Å²) in [5.41, 5.74) is 12.4. The van der Waals surface area contributed by atoms with Gasteiger partial charge in [0.1, 0.15) is 0 Å². The molecule has 0 aliphatic heterocycles. The zero-order chi connectivity index (χ0) is 35.3. The Bertz CT molecular complexity index is 3080. The molecular weight excluding hydrogens is 641 g/mol. The lowest BCUT2D eigenvalue weighted by Gasteiger charge is -2.27. The fraction of sp³-hybridized carbons (Fsp3) is 0.0588. The van der Waals surface area contributed by atoms with Crippen LogP contribution in [0.2, 0.25) is 0 Å². The van der Waals surface area contributed by atoms with Crippen LogP contribution in [0.25, 0.3) is 70.9 Å². The van der Waals surface area contributed by atoms with Crippen LogP contribution in [0.3, 0.4) is 0 Å². The molecule has 0 N–H and O–H groups in total. The van der Waals surface area contributed by atoms with Crippen molar-refractivity contribution in [1.29, 1.82) is 0 Å². The first-order valence-corrected chi connectivity index (χ1v) is 18.5. The molecule has 10 aromatic rings. The number of benzene rings is 9. The van der Waals surface area contributed by atoms with Crippen LogP contribution in [0, 0.1) is 0 Å². The number of hydrogen-bond donors (Lipinski definition) is 0. The van der Waals surface area contributed by atoms with E-state index in [0.29, 0.717) is 0 Å². The van der Waals surface area contributed by atoms with Crippen LogP contribution in [0.5, 0.6) is 0 Å². The average molecular weight is 677 g/mol. The Balaban J connectivity index is 1.17. The van der Waals surface area contributed by atoms with E-state index in [4.69, 9.17) is 0 Å². The molecule has 0 spiro atoms. The Kier molecular flexibility index (Phi) is 6.33. The van der Waals surface area contributed by atoms with Gasteiger partial charge in [-0.15, -0.1) is 0 Å². The van der Waals surface area contributed by atoms with Gasteiger partial charge in [0, 0.05) is 33.2 Å². The van der Waals surface area contributed by atoms with E-state index >= 15 is 0 Å². The van der Waals surface area contributed by atoms with E-state index in [1.54, 1.807) is 0 Å². The maximum absolute atomic E-state index is 2.47. The predicted octanol–water partition coefficient (Wildman–Crippen LogP) is 14.0. The molecule has 0 saturated heterocycles. The van der Waals surface area contributed by atoms with Gasteiger partial charge in [0.2, 0.25) is 0 Å². The van der Waals surface area contributed by atoms with E-state index in [1.807, 2.05) is 0 Å². The van der Waals surface area contributed by atoms with Gasteiger partial charge in [0.15, 0.2) is 0 Å². The maximum atomic E-state index is 2.47. The molecule has 2 heteroatoms. The Hall–Kier alpha value is -6.64. The van der Waals surface area contributed by atoms with Crippen molar-refractivity contribution < 1.29 is 0 Å². The van der Waals surface area contributed by atoms with E-state index in [0.717, 1.165) is 22.7 Å². The molecule has 0 atom stereocenters. The number of fused-ring (bicyclic) bond motifs is 11. The van der Waals surface area contributed by atoms with Crippen molar-refractivity contribution in [2.75, 3.05) is 4.90 Å². The molecule has 0 bridgehead atoms. The topological polar surface area (TPSA) is 8.17 Å². The quantitative estimate of drug-likeness (QED) is 0.168. The van der Waals surface area contributed by atoms with E-state index in [-0.39, 0.29) is 5.41 Å². The third-order valence-corrected chi connectivity index (χ3v) is 11.7. The molecule has 11 rings (SSSR count). The zero-order valence-electron chi connectivity index (χ0n) is 29.7. The van der Waals surface area contributed by atoms with Crippen LogP contribution >= 0.6 is 0 Å². The van der Waals surface area contributed by atoms with Gasteiger partial charge in [-0.3, -0.25) is 0 Å². The highest BCUT2D eigenvalue weighted by Crippen LogP contribution is 2.51. The molecule has 1 aromatic heterocycles. The summed E-state index contributed by atoms with van der Waals surface area (Å²) in [6, 6.07) is 67.1. The molecule has 9 aromatic carbocycles. The first kappa shape index (κ1) is 30.0. The SMILES string of the molecule is CC1(C)c2ccccc2-c2cc3c(ccc4ccc5cc(N(c6ccccc6)c6cccc7c8ccccc8n(-c8ccccc8)c67)ccc5c43)cc21. The van der Waals surface area contributed by atoms with Crippen molar-refractivity contribution >= 4 is 71.2 Å². The van der Waals surface area contributed by atoms with E-state index in [2.05, 4.69) is 205 Å². The minimum absolute atomic E-state index is 0.0291. The van der Waals surface area contributed by atoms with E-state index in [9.17, 15) is 0 Å². The number of rotatable bonds is 4. The van der Waals surface area contributed by atoms with Crippen molar-refractivity contribution in [3.8, 4) is 16.8 Å². The summed E-state index contributed by atoms with van der Waals surface area (Å²) >= 11 is 0. The molecule has 1 aliphatic rings. The van der Waals surface area contributed by atoms with Gasteiger partial charge in [-0.25, -0.2) is 0 Å². The van der Waals surface area contributed by atoms with Crippen LogP contribution in [-0.4, -0.2) is 4.57 Å². The fourth-order valence-electron chi connectivity index (χ4n) is 9.24. The second-order valence-corrected chi connectivity index (χ2v) is 15.0. The molecule has 0 amide bonds. The average Bonchev–Trinajstić information content (AvgIpc) is 3.66. The minimum atomic E-state index is -0.0291. The number of hydrogen-bond acceptors (Lipinski definition) is 1. The maximum Gasteiger partial charge on any atom is 0.0782 e. The van der Waals surface area contributed by atoms with Gasteiger partial charge in [0.05, 0.1) is 16.7 Å². The zero-order valence-corrected chi connectivity index (χ0v) is 29.7. The normalized spacial score (nSPS) is 13.2. The number of para-hydroxylation sites is 4. The summed E-state index contributed by atoms with van der Waals surface area (Å²) in [7, 11) is 0. The predicted molar refractivity (Wildman–Crippen MR) is 226 cm³/mol. The van der Waals surface area contributed by atoms with Crippen molar-refractivity contribution in [2.24, 2.45) is 0 Å². The Morgan fingerprint density at radius 2 is 1.11 bits per heavy atom. The second kappa shape index (κ2) is 11.2. The molecular formula is C51H36N2. The molecule has 2 nitrogen and oxygen atoms in total. The van der Waals surface area contributed by atoms with Crippen molar-refractivity contribution in [3.63, 3.8) is 0 Å². The van der Waals surface area contributed by atoms with Crippen LogP contribution in [-0.2, 0) is 5.41 Å². The van der Waals surface area contributed by atoms with Gasteiger partial charge in [-0.1, -0.05) is 135 Å². The van der Waals surface area contributed by atoms with Crippen LogP contribution in [0.4, 0.5) is 17.1 Å². The van der Waals surface area contributed by atoms with Crippen LogP contribution in [0.1, 0.15) is 25.0 Å². The number of anilines is 3. The molecule has 53 heavy (non-hydrogen) atoms. The van der Waals surface area contributed by atoms with Gasteiger partial charge in [-0.2, -0.15) is 0 Å². The summed E-state index contributed by atoms with van der Waals surface area (Å²) in [4.78, 5) is 2.43. The number of aromatic nitrogens is 1. The lowest BCUT2D eigenvalue weighted by atomic mass is 9.81. The Morgan fingerprint density at radius 1 is 0.434 bits per heavy atom. The number of nitrogens with zero attached hydrogens (tertiary/aromatic N) is 2. The lowest BCUT2D eigenvalue weighted by molar-refractivity contribution is 0.661. The van der Waals surface area contributed by atoms with Gasteiger partial charge < -0.3 is 9.47 Å². The largest absolute Gasteiger partial charge is 0.308 e. The smallest absolute Gasteiger partial charge is 0.0782 e. The molecule has 250 valence electrons. The van der Waals surface area contributed by atoms with Crippen molar-refractivity contribution in [3.05, 3.63) is 193 Å². The molecule has 0 fully saturated rings. The molecule has 0 saturated carbocycles. The minimum Gasteiger partial charge on any atom is -0.308 e. The highest BCUT2D eigenvalue weighted by atomic mass is 15.2. The Labute approximate surface area is 308 Å². The van der Waals surface area contributed by atoms with Crippen molar-refractivity contribution in [1.82, 2.24) is 4.57 Å². The summed E-state index contributed by atoms with van der Waals surface area (Å²) in [6.07, 6.45) is 0. The summed E-state index contributed by atoms with van der Waals surface area (Å²) in [5.74, 6) is 0. The second-order valence-electron chi connectivity index (χ2n) is 15.0. The standard InChI is InChI=1S/C51H36N2/c1-51(2)45-21-11-9-18-40(45)44-32-43-35(31-46(44)51)27-25-33-24-26-34-30-38(28-29-39(34)49(33)43)52(36-14-5-3-6-15-36)48-23-13-20-42-41-19-10-12-22-47(41)53(50(42)48)37-16-7-4-8-17-37/h3-32H,1-2H3. The molecule has 0 unspecified atom stereocenters. The fourth-order valence-corrected chi connectivity index (χ4v) is 9.24. The van der Waals surface area contributed by atoms with Crippen LogP contribution < -0.4 is 4.90 Å². The monoisotopic (exact) mass is 676 g/mol. The molecule has 1 heterocycles. The van der Waals surface area contributed by atoms with E-state index < -0.39 is 0 Å². The summed E-state index contributed by atoms with van der Waals surface area (Å²) < 4.78 is 2.43. The van der Waals surface area contributed by atoms with Gasteiger partial charge in [0.25, 0.3) is 0 Å². The highest BCUT2D eigenvalue weighted by Gasteiger charge is 2.35. The van der Waals surface area contributed by atoms with Gasteiger partial charge >= 0.3 is 0 Å². The summed E-state index contributed by atoms with van der Waals surface area (Å²) in [5, 5.41) is 10.2. The van der Waals surface area contributed by atoms with Crippen molar-refractivity contribution in [2.45, 2.75) is 19.3 Å². The van der Waals surface area contributed by atoms with Crippen LogP contribution in [0.15, 0.2) is 182 Å². The molecule has 1 aliphatic carbocycles. The lowest BCUT2D eigenvalue weighted by Crippen LogP contribution is -2.14. The molecule has 0 radical (unpaired) electrons. The van der Waals surface area contributed by atoms with E-state index in [1.165, 1.54) is 76.4 Å². The first-order valence-electron chi connectivity index (χ1n) is 18.5. The van der Waals surface area contributed by atoms with Gasteiger partial charge in [-0.05, 0) is 115 Å². The highest BCUT2D eigenvalue weighted by molar-refractivity contribution is 6.22. The summed E-state index contributed by atoms with van der Waals surface area (Å²) in [6.45, 7) is 4.72.